The topological polar surface area (TPSA) is 108 Å². The number of carboxylic acids is 1. The zero-order valence-corrected chi connectivity index (χ0v) is 18.0. The van der Waals surface area contributed by atoms with E-state index >= 15 is 0 Å². The summed E-state index contributed by atoms with van der Waals surface area (Å²) in [5.74, 6) is -0.916. The molecule has 2 bridgehead atoms. The number of rotatable bonds is 6. The summed E-state index contributed by atoms with van der Waals surface area (Å²) in [5.41, 5.74) is 2.47. The average molecular weight is 459 g/mol. The summed E-state index contributed by atoms with van der Waals surface area (Å²) in [5, 5.41) is 13.7. The molecular weight excluding hydrogens is 438 g/mol. The van der Waals surface area contributed by atoms with Crippen molar-refractivity contribution in [3.63, 3.8) is 0 Å². The van der Waals surface area contributed by atoms with Crippen LogP contribution in [0.3, 0.4) is 0 Å². The molecule has 0 saturated carbocycles. The predicted molar refractivity (Wildman–Crippen MR) is 121 cm³/mol. The van der Waals surface area contributed by atoms with Crippen LogP contribution in [0.25, 0.3) is 0 Å². The first-order valence-corrected chi connectivity index (χ1v) is 10.7. The Morgan fingerprint density at radius 2 is 1.68 bits per heavy atom. The zero-order chi connectivity index (χ0) is 23.7. The number of amides is 3. The fourth-order valence-corrected chi connectivity index (χ4v) is 4.26. The number of anilines is 1. The van der Waals surface area contributed by atoms with Crippen molar-refractivity contribution in [3.8, 4) is 5.75 Å². The maximum Gasteiger partial charge on any atom is 0.417 e. The maximum atomic E-state index is 13.0. The molecule has 3 aromatic carbocycles. The Hall–Kier alpha value is -4.37. The number of nitrogens with zero attached hydrogens (tertiary/aromatic N) is 2. The summed E-state index contributed by atoms with van der Waals surface area (Å²) in [6.07, 6.45) is -0.682. The molecule has 0 radical (unpaired) electrons. The largest absolute Gasteiger partial charge is 0.479 e. The Morgan fingerprint density at radius 3 is 2.38 bits per heavy atom. The first-order valence-electron chi connectivity index (χ1n) is 10.7. The first kappa shape index (κ1) is 21.5. The molecule has 0 spiro atoms. The van der Waals surface area contributed by atoms with Gasteiger partial charge in [-0.3, -0.25) is 10.2 Å². The molecule has 2 N–H and O–H groups in total. The van der Waals surface area contributed by atoms with Crippen molar-refractivity contribution in [1.29, 1.82) is 0 Å². The number of para-hydroxylation sites is 1. The number of carboxylic acid groups (broad SMARTS) is 1. The van der Waals surface area contributed by atoms with Gasteiger partial charge in [0.2, 0.25) is 0 Å². The van der Waals surface area contributed by atoms with Crippen LogP contribution in [-0.4, -0.2) is 39.7 Å². The van der Waals surface area contributed by atoms with Gasteiger partial charge in [0, 0.05) is 5.69 Å². The highest BCUT2D eigenvalue weighted by atomic mass is 16.7. The molecule has 1 fully saturated rings. The molecule has 9 nitrogen and oxygen atoms in total. The number of carbonyl (C=O) groups excluding carboxylic acids is 2. The minimum Gasteiger partial charge on any atom is -0.479 e. The van der Waals surface area contributed by atoms with Gasteiger partial charge in [0.15, 0.2) is 6.04 Å². The molecule has 0 unspecified atom stereocenters. The quantitative estimate of drug-likeness (QED) is 0.568. The van der Waals surface area contributed by atoms with Crippen LogP contribution >= 0.6 is 0 Å². The van der Waals surface area contributed by atoms with Crippen molar-refractivity contribution < 1.29 is 29.1 Å². The van der Waals surface area contributed by atoms with Crippen LogP contribution in [0.15, 0.2) is 78.9 Å². The number of carbonyl (C=O) groups is 3. The summed E-state index contributed by atoms with van der Waals surface area (Å²) >= 11 is 0. The van der Waals surface area contributed by atoms with Gasteiger partial charge in [-0.1, -0.05) is 54.6 Å². The Bertz CT molecular complexity index is 1230. The van der Waals surface area contributed by atoms with E-state index in [0.29, 0.717) is 16.8 Å². The van der Waals surface area contributed by atoms with Crippen molar-refractivity contribution in [2.24, 2.45) is 0 Å². The Balaban J connectivity index is 1.40. The molecule has 2 aliphatic heterocycles. The summed E-state index contributed by atoms with van der Waals surface area (Å²) < 4.78 is 5.42. The number of urea groups is 1. The van der Waals surface area contributed by atoms with E-state index in [-0.39, 0.29) is 18.9 Å². The standard InChI is InChI=1S/C25H21N3O6/c29-23(30)22-19-12-11-18(34-24(31)26-17-9-5-2-6-10-17)13-20(19)21-14-27(22)25(32)28(21)33-15-16-7-3-1-4-8-16/h1-13,21-22H,14-15H2,(H,26,31)(H,29,30)/t21-,22-/m1/s1. The molecule has 34 heavy (non-hydrogen) atoms. The highest BCUT2D eigenvalue weighted by molar-refractivity contribution is 5.88. The molecule has 2 atom stereocenters. The zero-order valence-electron chi connectivity index (χ0n) is 18.0. The van der Waals surface area contributed by atoms with Crippen LogP contribution in [0.1, 0.15) is 28.8 Å². The van der Waals surface area contributed by atoms with Crippen LogP contribution in [0.4, 0.5) is 15.3 Å². The molecule has 0 aromatic heterocycles. The fraction of sp³-hybridized carbons (Fsp3) is 0.160. The normalized spacial score (nSPS) is 18.4. The molecule has 0 aliphatic carbocycles. The molecule has 5 rings (SSSR count). The highest BCUT2D eigenvalue weighted by Crippen LogP contribution is 2.45. The van der Waals surface area contributed by atoms with Crippen LogP contribution in [0.5, 0.6) is 5.75 Å². The lowest BCUT2D eigenvalue weighted by Crippen LogP contribution is -2.38. The number of hydroxylamine groups is 2. The van der Waals surface area contributed by atoms with Gasteiger partial charge in [-0.25, -0.2) is 14.4 Å². The van der Waals surface area contributed by atoms with Crippen LogP contribution in [0.2, 0.25) is 0 Å². The number of aliphatic carboxylic acids is 1. The summed E-state index contributed by atoms with van der Waals surface area (Å²) in [6.45, 7) is 0.302. The molecule has 2 aliphatic rings. The highest BCUT2D eigenvalue weighted by Gasteiger charge is 2.51. The third-order valence-electron chi connectivity index (χ3n) is 5.79. The summed E-state index contributed by atoms with van der Waals surface area (Å²) in [4.78, 5) is 44.5. The van der Waals surface area contributed by atoms with Crippen molar-refractivity contribution in [2.75, 3.05) is 11.9 Å². The monoisotopic (exact) mass is 459 g/mol. The number of hydrogen-bond acceptors (Lipinski definition) is 5. The van der Waals surface area contributed by atoms with Crippen molar-refractivity contribution in [3.05, 3.63) is 95.6 Å². The SMILES string of the molecule is O=C(Nc1ccccc1)Oc1ccc2c(c1)[C@H]1CN(C(=O)N1OCc1ccccc1)[C@H]2C(=O)O. The Kier molecular flexibility index (Phi) is 5.60. The minimum atomic E-state index is -1.16. The molecule has 3 aromatic rings. The van der Waals surface area contributed by atoms with Gasteiger partial charge in [-0.2, -0.15) is 5.06 Å². The molecule has 3 amide bonds. The van der Waals surface area contributed by atoms with Gasteiger partial charge in [0.1, 0.15) is 18.4 Å². The second-order valence-electron chi connectivity index (χ2n) is 7.95. The third-order valence-corrected chi connectivity index (χ3v) is 5.79. The van der Waals surface area contributed by atoms with E-state index < -0.39 is 30.2 Å². The Labute approximate surface area is 195 Å². The van der Waals surface area contributed by atoms with Gasteiger partial charge in [-0.15, -0.1) is 0 Å². The van der Waals surface area contributed by atoms with E-state index in [1.807, 2.05) is 36.4 Å². The smallest absolute Gasteiger partial charge is 0.417 e. The molecule has 172 valence electrons. The third kappa shape index (κ3) is 4.04. The summed E-state index contributed by atoms with van der Waals surface area (Å²) in [6, 6.07) is 20.7. The average Bonchev–Trinajstić information content (AvgIpc) is 3.11. The lowest BCUT2D eigenvalue weighted by Gasteiger charge is -2.30. The van der Waals surface area contributed by atoms with Gasteiger partial charge >= 0.3 is 18.1 Å². The fourth-order valence-electron chi connectivity index (χ4n) is 4.26. The van der Waals surface area contributed by atoms with E-state index in [2.05, 4.69) is 5.32 Å². The number of fused-ring (bicyclic) bond motifs is 4. The van der Waals surface area contributed by atoms with Crippen LogP contribution < -0.4 is 10.1 Å². The van der Waals surface area contributed by atoms with E-state index in [9.17, 15) is 19.5 Å². The van der Waals surface area contributed by atoms with Crippen molar-refractivity contribution in [2.45, 2.75) is 18.7 Å². The van der Waals surface area contributed by atoms with Gasteiger partial charge in [0.25, 0.3) is 0 Å². The molecular formula is C25H21N3O6. The van der Waals surface area contributed by atoms with Crippen LogP contribution in [-0.2, 0) is 16.2 Å². The lowest BCUT2D eigenvalue weighted by atomic mass is 9.91. The number of hydrogen-bond donors (Lipinski definition) is 2. The molecule has 1 saturated heterocycles. The van der Waals surface area contributed by atoms with Crippen molar-refractivity contribution in [1.82, 2.24) is 9.96 Å². The number of benzene rings is 3. The van der Waals surface area contributed by atoms with E-state index in [1.165, 1.54) is 16.0 Å². The first-order chi connectivity index (χ1) is 16.5. The minimum absolute atomic E-state index is 0.150. The predicted octanol–water partition coefficient (Wildman–Crippen LogP) is 4.35. The van der Waals surface area contributed by atoms with Crippen molar-refractivity contribution >= 4 is 23.8 Å². The van der Waals surface area contributed by atoms with Crippen LogP contribution in [0, 0.1) is 0 Å². The lowest BCUT2D eigenvalue weighted by molar-refractivity contribution is -0.143. The van der Waals surface area contributed by atoms with E-state index in [4.69, 9.17) is 9.57 Å². The molecule has 2 heterocycles. The molecule has 9 heteroatoms. The Morgan fingerprint density at radius 1 is 0.971 bits per heavy atom. The van der Waals surface area contributed by atoms with Gasteiger partial charge in [0.05, 0.1) is 6.54 Å². The maximum absolute atomic E-state index is 13.0. The second-order valence-corrected chi connectivity index (χ2v) is 7.95. The van der Waals surface area contributed by atoms with Gasteiger partial charge in [-0.05, 0) is 41.0 Å². The van der Waals surface area contributed by atoms with E-state index in [0.717, 1.165) is 5.56 Å². The summed E-state index contributed by atoms with van der Waals surface area (Å²) in [7, 11) is 0. The van der Waals surface area contributed by atoms with E-state index in [1.54, 1.807) is 36.4 Å². The number of ether oxygens (including phenoxy) is 1. The number of nitrogens with one attached hydrogen (secondary N) is 1. The van der Waals surface area contributed by atoms with Gasteiger partial charge < -0.3 is 14.7 Å². The second kappa shape index (κ2) is 8.87.